The Morgan fingerprint density at radius 3 is 2.25 bits per heavy atom. The molecule has 0 aliphatic carbocycles. The molecule has 0 spiro atoms. The maximum Gasteiger partial charge on any atom is 0.305 e. The van der Waals surface area contributed by atoms with Crippen molar-refractivity contribution in [2.45, 2.75) is 0 Å². The number of non-ortho nitro benzene ring substituents is 1. The summed E-state index contributed by atoms with van der Waals surface area (Å²) in [4.78, 5) is 19.9. The number of nitro benzene ring substituents is 2. The number of hydrogen-bond donors (Lipinski definition) is 0. The summed E-state index contributed by atoms with van der Waals surface area (Å²) in [5, 5.41) is 21.4. The van der Waals surface area contributed by atoms with Gasteiger partial charge in [-0.2, -0.15) is 8.75 Å². The first-order valence-corrected chi connectivity index (χ1v) is 5.28. The number of fused-ring (bicyclic) bond motifs is 1. The quantitative estimate of drug-likeness (QED) is 0.621. The van der Waals surface area contributed by atoms with Crippen molar-refractivity contribution >= 4 is 50.1 Å². The third kappa shape index (κ3) is 1.51. The summed E-state index contributed by atoms with van der Waals surface area (Å²) in [6.07, 6.45) is 0. The monoisotopic (exact) mass is 304 g/mol. The number of nitrogens with zero attached hydrogens (tertiary/aromatic N) is 4. The Bertz CT molecular complexity index is 612. The summed E-state index contributed by atoms with van der Waals surface area (Å²) < 4.78 is 7.62. The van der Waals surface area contributed by atoms with Crippen LogP contribution in [0.15, 0.2) is 10.5 Å². The van der Waals surface area contributed by atoms with Crippen molar-refractivity contribution in [2.24, 2.45) is 0 Å². The van der Waals surface area contributed by atoms with Crippen LogP contribution < -0.4 is 0 Å². The van der Waals surface area contributed by atoms with Crippen molar-refractivity contribution in [2.75, 3.05) is 0 Å². The van der Waals surface area contributed by atoms with Gasteiger partial charge < -0.3 is 0 Å². The molecule has 0 unspecified atom stereocenters. The molecule has 0 saturated heterocycles. The Balaban J connectivity index is 2.90. The lowest BCUT2D eigenvalue weighted by Crippen LogP contribution is -1.95. The molecule has 16 heavy (non-hydrogen) atoms. The van der Waals surface area contributed by atoms with Gasteiger partial charge >= 0.3 is 5.69 Å². The largest absolute Gasteiger partial charge is 0.305 e. The van der Waals surface area contributed by atoms with Crippen LogP contribution in [0, 0.1) is 20.2 Å². The van der Waals surface area contributed by atoms with Gasteiger partial charge in [-0.05, 0) is 15.9 Å². The zero-order valence-electron chi connectivity index (χ0n) is 7.29. The maximum absolute atomic E-state index is 10.7. The molecule has 2 aromatic rings. The lowest BCUT2D eigenvalue weighted by Gasteiger charge is -1.96. The van der Waals surface area contributed by atoms with E-state index in [-0.39, 0.29) is 15.5 Å². The highest BCUT2D eigenvalue weighted by Crippen LogP contribution is 2.37. The lowest BCUT2D eigenvalue weighted by molar-refractivity contribution is -0.393. The molecule has 0 saturated carbocycles. The van der Waals surface area contributed by atoms with Gasteiger partial charge in [0.2, 0.25) is 0 Å². The number of rotatable bonds is 2. The second-order valence-corrected chi connectivity index (χ2v) is 4.03. The van der Waals surface area contributed by atoms with Gasteiger partial charge in [-0.3, -0.25) is 20.2 Å². The average Bonchev–Trinajstić information content (AvgIpc) is 2.66. The van der Waals surface area contributed by atoms with E-state index in [9.17, 15) is 20.2 Å². The molecule has 2 rings (SSSR count). The second kappa shape index (κ2) is 3.72. The first-order valence-electron chi connectivity index (χ1n) is 3.76. The molecule has 82 valence electrons. The number of hydrogen-bond acceptors (Lipinski definition) is 7. The van der Waals surface area contributed by atoms with E-state index >= 15 is 0 Å². The second-order valence-electron chi connectivity index (χ2n) is 2.70. The zero-order chi connectivity index (χ0) is 11.9. The minimum Gasteiger partial charge on any atom is -0.258 e. The number of halogens is 1. The molecule has 0 aliphatic rings. The molecule has 0 atom stereocenters. The summed E-state index contributed by atoms with van der Waals surface area (Å²) >= 11 is 3.75. The van der Waals surface area contributed by atoms with Crippen LogP contribution in [-0.2, 0) is 0 Å². The summed E-state index contributed by atoms with van der Waals surface area (Å²) in [5.74, 6) is 0. The van der Waals surface area contributed by atoms with Crippen LogP contribution in [0.2, 0.25) is 0 Å². The highest BCUT2D eigenvalue weighted by molar-refractivity contribution is 9.10. The molecule has 0 radical (unpaired) electrons. The predicted molar refractivity (Wildman–Crippen MR) is 58.4 cm³/mol. The van der Waals surface area contributed by atoms with E-state index in [0.717, 1.165) is 17.8 Å². The molecular formula is C6HBrN4O4S. The highest BCUT2D eigenvalue weighted by Gasteiger charge is 2.26. The van der Waals surface area contributed by atoms with E-state index in [1.54, 1.807) is 0 Å². The Morgan fingerprint density at radius 2 is 1.69 bits per heavy atom. The van der Waals surface area contributed by atoms with E-state index in [2.05, 4.69) is 24.7 Å². The molecule has 1 aromatic heterocycles. The predicted octanol–water partition coefficient (Wildman–Crippen LogP) is 2.27. The van der Waals surface area contributed by atoms with Gasteiger partial charge in [0.05, 0.1) is 27.6 Å². The number of aromatic nitrogens is 2. The van der Waals surface area contributed by atoms with Crippen molar-refractivity contribution in [3.8, 4) is 0 Å². The molecule has 1 aromatic carbocycles. The minimum atomic E-state index is -0.719. The molecule has 0 bridgehead atoms. The Labute approximate surface area is 99.6 Å². The van der Waals surface area contributed by atoms with Crippen LogP contribution in [-0.4, -0.2) is 18.6 Å². The van der Waals surface area contributed by atoms with Gasteiger partial charge in [-0.15, -0.1) is 0 Å². The fourth-order valence-electron chi connectivity index (χ4n) is 1.16. The van der Waals surface area contributed by atoms with Gasteiger partial charge in [0, 0.05) is 0 Å². The molecule has 10 heteroatoms. The van der Waals surface area contributed by atoms with Crippen molar-refractivity contribution < 1.29 is 9.85 Å². The summed E-state index contributed by atoms with van der Waals surface area (Å²) in [7, 11) is 0. The van der Waals surface area contributed by atoms with Gasteiger partial charge in [0.1, 0.15) is 9.99 Å². The first kappa shape index (κ1) is 10.8. The van der Waals surface area contributed by atoms with Gasteiger partial charge in [0.15, 0.2) is 5.52 Å². The van der Waals surface area contributed by atoms with E-state index in [1.165, 1.54) is 0 Å². The van der Waals surface area contributed by atoms with E-state index < -0.39 is 21.2 Å². The van der Waals surface area contributed by atoms with Crippen LogP contribution in [0.1, 0.15) is 0 Å². The smallest absolute Gasteiger partial charge is 0.258 e. The van der Waals surface area contributed by atoms with Crippen LogP contribution in [0.25, 0.3) is 11.0 Å². The van der Waals surface area contributed by atoms with Crippen LogP contribution in [0.5, 0.6) is 0 Å². The van der Waals surface area contributed by atoms with Crippen LogP contribution in [0.4, 0.5) is 11.4 Å². The normalized spacial score (nSPS) is 10.6. The molecule has 0 aliphatic heterocycles. The van der Waals surface area contributed by atoms with Crippen molar-refractivity contribution in [1.82, 2.24) is 8.75 Å². The molecule has 0 amide bonds. The molecular weight excluding hydrogens is 304 g/mol. The van der Waals surface area contributed by atoms with Crippen molar-refractivity contribution in [1.29, 1.82) is 0 Å². The molecule has 1 heterocycles. The number of benzene rings is 1. The molecule has 0 fully saturated rings. The standard InChI is InChI=1S/C6HBrN4O4S/c7-4-2(10(12)13)1-3(11(14)15)5-6(4)9-16-8-5/h1H. The van der Waals surface area contributed by atoms with E-state index in [1.807, 2.05) is 0 Å². The third-order valence-electron chi connectivity index (χ3n) is 1.83. The highest BCUT2D eigenvalue weighted by atomic mass is 79.9. The maximum atomic E-state index is 10.7. The summed E-state index contributed by atoms with van der Waals surface area (Å²) in [6, 6.07) is 0.869. The van der Waals surface area contributed by atoms with Crippen LogP contribution >= 0.6 is 27.7 Å². The first-order chi connectivity index (χ1) is 7.52. The van der Waals surface area contributed by atoms with Crippen molar-refractivity contribution in [3.05, 3.63) is 30.8 Å². The summed E-state index contributed by atoms with van der Waals surface area (Å²) in [6.45, 7) is 0. The topological polar surface area (TPSA) is 112 Å². The van der Waals surface area contributed by atoms with Gasteiger partial charge in [-0.25, -0.2) is 0 Å². The fraction of sp³-hybridized carbons (Fsp3) is 0. The Kier molecular flexibility index (Phi) is 2.52. The fourth-order valence-corrected chi connectivity index (χ4v) is 2.37. The van der Waals surface area contributed by atoms with Gasteiger partial charge in [-0.1, -0.05) is 0 Å². The van der Waals surface area contributed by atoms with Crippen LogP contribution in [0.3, 0.4) is 0 Å². The SMILES string of the molecule is O=[N+]([O-])c1cc([N+](=O)[O-])c2nsnc2c1Br. The number of nitro groups is 2. The Hall–Kier alpha value is -1.68. The minimum absolute atomic E-state index is 0.0486. The summed E-state index contributed by atoms with van der Waals surface area (Å²) in [5.41, 5.74) is -0.635. The molecule has 0 N–H and O–H groups in total. The van der Waals surface area contributed by atoms with E-state index in [4.69, 9.17) is 0 Å². The zero-order valence-corrected chi connectivity index (χ0v) is 9.69. The van der Waals surface area contributed by atoms with E-state index in [0.29, 0.717) is 0 Å². The third-order valence-corrected chi connectivity index (χ3v) is 3.14. The lowest BCUT2D eigenvalue weighted by atomic mass is 10.2. The van der Waals surface area contributed by atoms with Crippen molar-refractivity contribution in [3.63, 3.8) is 0 Å². The Morgan fingerprint density at radius 1 is 1.12 bits per heavy atom. The van der Waals surface area contributed by atoms with Gasteiger partial charge in [0.25, 0.3) is 5.69 Å². The molecule has 8 nitrogen and oxygen atoms in total. The average molecular weight is 305 g/mol.